The zero-order chi connectivity index (χ0) is 14.2. The van der Waals surface area contributed by atoms with Gasteiger partial charge in [-0.1, -0.05) is 24.3 Å². The molecule has 0 fully saturated rings. The van der Waals surface area contributed by atoms with E-state index in [1.54, 1.807) is 0 Å². The van der Waals surface area contributed by atoms with E-state index in [1.165, 1.54) is 0 Å². The second-order valence-corrected chi connectivity index (χ2v) is 3.61. The minimum absolute atomic E-state index is 0. The maximum Gasteiger partial charge on any atom is 0.430 e. The standard InChI is InChI=1S/C10H9F6NO.ClH/c11-9(12,13)8(18,10(14,15)16)7-3-1-6(5-17)2-4-7;/h1-4,18H,5,17H2;1H. The fourth-order valence-corrected chi connectivity index (χ4v) is 1.37. The van der Waals surface area contributed by atoms with Gasteiger partial charge in [-0.3, -0.25) is 0 Å². The predicted octanol–water partition coefficient (Wildman–Crippen LogP) is 2.88. The molecule has 0 saturated heterocycles. The lowest BCUT2D eigenvalue weighted by atomic mass is 9.91. The molecule has 1 aromatic carbocycles. The molecule has 0 bridgehead atoms. The first-order chi connectivity index (χ1) is 8.04. The molecule has 0 aliphatic rings. The number of halogens is 7. The third-order valence-electron chi connectivity index (χ3n) is 2.43. The quantitative estimate of drug-likeness (QED) is 0.825. The second-order valence-electron chi connectivity index (χ2n) is 3.61. The molecule has 1 rings (SSSR count). The molecule has 19 heavy (non-hydrogen) atoms. The van der Waals surface area contributed by atoms with Crippen LogP contribution in [0.15, 0.2) is 24.3 Å². The van der Waals surface area contributed by atoms with Crippen molar-refractivity contribution < 1.29 is 31.4 Å². The number of aliphatic hydroxyl groups is 1. The maximum atomic E-state index is 12.5. The van der Waals surface area contributed by atoms with Crippen LogP contribution in [0.2, 0.25) is 0 Å². The van der Waals surface area contributed by atoms with Gasteiger partial charge in [-0.25, -0.2) is 0 Å². The Balaban J connectivity index is 0.00000324. The van der Waals surface area contributed by atoms with Gasteiger partial charge in [0, 0.05) is 12.1 Å². The SMILES string of the molecule is Cl.NCc1ccc(C(O)(C(F)(F)F)C(F)(F)F)cc1. The molecule has 0 radical (unpaired) electrons. The molecule has 9 heteroatoms. The Morgan fingerprint density at radius 3 is 1.53 bits per heavy atom. The van der Waals surface area contributed by atoms with Gasteiger partial charge in [-0.05, 0) is 5.56 Å². The number of hydrogen-bond acceptors (Lipinski definition) is 2. The Kier molecular flexibility index (Phi) is 5.27. The minimum atomic E-state index is -5.87. The second kappa shape index (κ2) is 5.56. The number of nitrogens with two attached hydrogens (primary N) is 1. The molecule has 0 aromatic heterocycles. The van der Waals surface area contributed by atoms with Crippen LogP contribution in [0.3, 0.4) is 0 Å². The van der Waals surface area contributed by atoms with E-state index in [2.05, 4.69) is 0 Å². The molecular formula is C10H10ClF6NO. The molecule has 0 atom stereocenters. The van der Waals surface area contributed by atoms with Crippen LogP contribution in [0.1, 0.15) is 11.1 Å². The smallest absolute Gasteiger partial charge is 0.369 e. The summed E-state index contributed by atoms with van der Waals surface area (Å²) < 4.78 is 74.8. The molecular weight excluding hydrogens is 300 g/mol. The first-order valence-electron chi connectivity index (χ1n) is 4.69. The molecule has 1 aromatic rings. The molecule has 0 amide bonds. The maximum absolute atomic E-state index is 12.5. The highest BCUT2D eigenvalue weighted by Gasteiger charge is 2.71. The average Bonchev–Trinajstić information content (AvgIpc) is 2.25. The molecule has 0 spiro atoms. The van der Waals surface area contributed by atoms with Crippen molar-refractivity contribution in [3.63, 3.8) is 0 Å². The molecule has 2 nitrogen and oxygen atoms in total. The van der Waals surface area contributed by atoms with Crippen molar-refractivity contribution in [1.82, 2.24) is 0 Å². The Labute approximate surface area is 110 Å². The van der Waals surface area contributed by atoms with Gasteiger partial charge >= 0.3 is 12.4 Å². The number of rotatable bonds is 2. The average molecular weight is 310 g/mol. The Morgan fingerprint density at radius 2 is 1.26 bits per heavy atom. The van der Waals surface area contributed by atoms with Gasteiger partial charge in [0.1, 0.15) is 0 Å². The van der Waals surface area contributed by atoms with Crippen LogP contribution in [0.4, 0.5) is 26.3 Å². The van der Waals surface area contributed by atoms with E-state index in [0.29, 0.717) is 17.7 Å². The zero-order valence-electron chi connectivity index (χ0n) is 9.22. The van der Waals surface area contributed by atoms with E-state index in [-0.39, 0.29) is 19.0 Å². The summed E-state index contributed by atoms with van der Waals surface area (Å²) in [5.74, 6) is 0. The van der Waals surface area contributed by atoms with Gasteiger partial charge in [-0.2, -0.15) is 26.3 Å². The van der Waals surface area contributed by atoms with Crippen LogP contribution >= 0.6 is 12.4 Å². The summed E-state index contributed by atoms with van der Waals surface area (Å²) in [5, 5.41) is 9.04. The van der Waals surface area contributed by atoms with Crippen LogP contribution in [-0.2, 0) is 12.1 Å². The van der Waals surface area contributed by atoms with Gasteiger partial charge in [0.2, 0.25) is 0 Å². The van der Waals surface area contributed by atoms with Gasteiger partial charge < -0.3 is 10.8 Å². The lowest BCUT2D eigenvalue weighted by molar-refractivity contribution is -0.376. The van der Waals surface area contributed by atoms with Gasteiger partial charge in [0.25, 0.3) is 5.60 Å². The van der Waals surface area contributed by atoms with E-state index >= 15 is 0 Å². The van der Waals surface area contributed by atoms with Crippen molar-refractivity contribution >= 4 is 12.4 Å². The van der Waals surface area contributed by atoms with Crippen LogP contribution in [0.25, 0.3) is 0 Å². The van der Waals surface area contributed by atoms with E-state index in [9.17, 15) is 26.3 Å². The lowest BCUT2D eigenvalue weighted by Gasteiger charge is -2.32. The molecule has 110 valence electrons. The van der Waals surface area contributed by atoms with Crippen molar-refractivity contribution in [2.45, 2.75) is 24.5 Å². The number of alkyl halides is 6. The highest BCUT2D eigenvalue weighted by Crippen LogP contribution is 2.49. The number of benzene rings is 1. The highest BCUT2D eigenvalue weighted by atomic mass is 35.5. The van der Waals surface area contributed by atoms with Crippen molar-refractivity contribution in [1.29, 1.82) is 0 Å². The van der Waals surface area contributed by atoms with Gasteiger partial charge in [-0.15, -0.1) is 12.4 Å². The van der Waals surface area contributed by atoms with E-state index < -0.39 is 23.5 Å². The van der Waals surface area contributed by atoms with E-state index in [4.69, 9.17) is 10.8 Å². The zero-order valence-corrected chi connectivity index (χ0v) is 10.0. The van der Waals surface area contributed by atoms with Crippen molar-refractivity contribution in [3.05, 3.63) is 35.4 Å². The molecule has 0 aliphatic carbocycles. The number of hydrogen-bond donors (Lipinski definition) is 2. The molecule has 0 saturated carbocycles. The summed E-state index contributed by atoms with van der Waals surface area (Å²) in [6.45, 7) is -0.0310. The van der Waals surface area contributed by atoms with Crippen LogP contribution < -0.4 is 5.73 Å². The van der Waals surface area contributed by atoms with Crippen molar-refractivity contribution in [3.8, 4) is 0 Å². The van der Waals surface area contributed by atoms with Crippen LogP contribution in [-0.4, -0.2) is 17.5 Å². The highest BCUT2D eigenvalue weighted by molar-refractivity contribution is 5.85. The van der Waals surface area contributed by atoms with Crippen molar-refractivity contribution in [2.75, 3.05) is 0 Å². The van der Waals surface area contributed by atoms with Gasteiger partial charge in [0.05, 0.1) is 0 Å². The Hall–Kier alpha value is -0.990. The molecule has 0 heterocycles. The van der Waals surface area contributed by atoms with Crippen molar-refractivity contribution in [2.24, 2.45) is 5.73 Å². The third kappa shape index (κ3) is 3.13. The normalized spacial score (nSPS) is 13.1. The largest absolute Gasteiger partial charge is 0.430 e. The minimum Gasteiger partial charge on any atom is -0.369 e. The van der Waals surface area contributed by atoms with Crippen LogP contribution in [0.5, 0.6) is 0 Å². The van der Waals surface area contributed by atoms with E-state index in [1.807, 2.05) is 0 Å². The fraction of sp³-hybridized carbons (Fsp3) is 0.400. The molecule has 0 unspecified atom stereocenters. The molecule has 3 N–H and O–H groups in total. The summed E-state index contributed by atoms with van der Waals surface area (Å²) in [4.78, 5) is 0. The summed E-state index contributed by atoms with van der Waals surface area (Å²) in [5.41, 5.74) is -0.648. The van der Waals surface area contributed by atoms with E-state index in [0.717, 1.165) is 12.1 Å². The Bertz CT molecular complexity index is 400. The summed E-state index contributed by atoms with van der Waals surface area (Å²) in [6.07, 6.45) is -11.7. The first kappa shape index (κ1) is 18.0. The predicted molar refractivity (Wildman–Crippen MR) is 57.6 cm³/mol. The van der Waals surface area contributed by atoms with Crippen LogP contribution in [0, 0.1) is 0 Å². The lowest BCUT2D eigenvalue weighted by Crippen LogP contribution is -2.53. The fourth-order valence-electron chi connectivity index (χ4n) is 1.37. The third-order valence-corrected chi connectivity index (χ3v) is 2.43. The summed E-state index contributed by atoms with van der Waals surface area (Å²) in [7, 11) is 0. The summed E-state index contributed by atoms with van der Waals surface area (Å²) >= 11 is 0. The molecule has 0 aliphatic heterocycles. The summed E-state index contributed by atoms with van der Waals surface area (Å²) in [6, 6.07) is 3.11. The first-order valence-corrected chi connectivity index (χ1v) is 4.69. The monoisotopic (exact) mass is 309 g/mol. The topological polar surface area (TPSA) is 46.2 Å². The Morgan fingerprint density at radius 1 is 0.895 bits per heavy atom. The van der Waals surface area contributed by atoms with Gasteiger partial charge in [0.15, 0.2) is 0 Å².